The molecule has 1 aliphatic heterocycles. The Hall–Kier alpha value is -1.13. The van der Waals surface area contributed by atoms with E-state index < -0.39 is 11.9 Å². The molecular formula is C14H19FO3. The van der Waals surface area contributed by atoms with Crippen molar-refractivity contribution in [2.24, 2.45) is 0 Å². The predicted molar refractivity (Wildman–Crippen MR) is 66.1 cm³/mol. The molecule has 1 aromatic carbocycles. The molecule has 2 rings (SSSR count). The first-order chi connectivity index (χ1) is 8.70. The highest BCUT2D eigenvalue weighted by molar-refractivity contribution is 5.30. The summed E-state index contributed by atoms with van der Waals surface area (Å²) in [5.41, 5.74) is 0.589. The molecule has 0 bridgehead atoms. The largest absolute Gasteiger partial charge is 0.494 e. The summed E-state index contributed by atoms with van der Waals surface area (Å²) < 4.78 is 23.8. The summed E-state index contributed by atoms with van der Waals surface area (Å²) in [4.78, 5) is 0. The summed E-state index contributed by atoms with van der Waals surface area (Å²) in [6.07, 6.45) is 3.17. The molecule has 1 aromatic rings. The number of rotatable bonds is 5. The van der Waals surface area contributed by atoms with E-state index >= 15 is 0 Å². The van der Waals surface area contributed by atoms with Crippen LogP contribution in [0, 0.1) is 5.82 Å². The van der Waals surface area contributed by atoms with Gasteiger partial charge in [0, 0.05) is 6.61 Å². The van der Waals surface area contributed by atoms with E-state index in [-0.39, 0.29) is 11.9 Å². The molecule has 2 unspecified atom stereocenters. The van der Waals surface area contributed by atoms with Crippen molar-refractivity contribution in [2.75, 3.05) is 13.7 Å². The Kier molecular flexibility index (Phi) is 4.55. The SMILES string of the molecule is COc1ccc(C(O)CCC2CCCO2)cc1F. The Balaban J connectivity index is 1.91. The quantitative estimate of drug-likeness (QED) is 0.878. The van der Waals surface area contributed by atoms with Crippen LogP contribution in [-0.2, 0) is 4.74 Å². The summed E-state index contributed by atoms with van der Waals surface area (Å²) in [6, 6.07) is 4.57. The van der Waals surface area contributed by atoms with Gasteiger partial charge < -0.3 is 14.6 Å². The van der Waals surface area contributed by atoms with Gasteiger partial charge in [0.2, 0.25) is 0 Å². The molecule has 18 heavy (non-hydrogen) atoms. The Bertz CT molecular complexity index is 389. The van der Waals surface area contributed by atoms with Gasteiger partial charge in [-0.25, -0.2) is 4.39 Å². The zero-order valence-corrected chi connectivity index (χ0v) is 10.6. The van der Waals surface area contributed by atoms with E-state index in [2.05, 4.69) is 0 Å². The van der Waals surface area contributed by atoms with E-state index in [9.17, 15) is 9.50 Å². The molecule has 1 heterocycles. The van der Waals surface area contributed by atoms with Crippen LogP contribution < -0.4 is 4.74 Å². The third-order valence-electron chi connectivity index (χ3n) is 3.35. The van der Waals surface area contributed by atoms with Crippen LogP contribution in [0.2, 0.25) is 0 Å². The standard InChI is InChI=1S/C14H19FO3/c1-17-14-7-4-10(9-12(14)15)13(16)6-5-11-3-2-8-18-11/h4,7,9,11,13,16H,2-3,5-6,8H2,1H3. The van der Waals surface area contributed by atoms with Crippen LogP contribution in [0.4, 0.5) is 4.39 Å². The molecule has 0 radical (unpaired) electrons. The molecule has 1 saturated heterocycles. The lowest BCUT2D eigenvalue weighted by Crippen LogP contribution is -2.08. The third-order valence-corrected chi connectivity index (χ3v) is 3.35. The van der Waals surface area contributed by atoms with Gasteiger partial charge in [0.1, 0.15) is 0 Å². The van der Waals surface area contributed by atoms with E-state index in [0.29, 0.717) is 12.0 Å². The monoisotopic (exact) mass is 254 g/mol. The molecule has 1 N–H and O–H groups in total. The number of hydrogen-bond acceptors (Lipinski definition) is 3. The van der Waals surface area contributed by atoms with Crippen LogP contribution >= 0.6 is 0 Å². The lowest BCUT2D eigenvalue weighted by Gasteiger charge is -2.14. The highest BCUT2D eigenvalue weighted by Crippen LogP contribution is 2.26. The van der Waals surface area contributed by atoms with Crippen molar-refractivity contribution < 1.29 is 19.0 Å². The van der Waals surface area contributed by atoms with Crippen molar-refractivity contribution in [3.63, 3.8) is 0 Å². The maximum absolute atomic E-state index is 13.5. The number of ether oxygens (including phenoxy) is 2. The Morgan fingerprint density at radius 3 is 3.00 bits per heavy atom. The van der Waals surface area contributed by atoms with Crippen molar-refractivity contribution in [3.05, 3.63) is 29.6 Å². The van der Waals surface area contributed by atoms with Gasteiger partial charge in [-0.15, -0.1) is 0 Å². The van der Waals surface area contributed by atoms with E-state index in [0.717, 1.165) is 25.9 Å². The number of hydrogen-bond donors (Lipinski definition) is 1. The molecule has 0 saturated carbocycles. The van der Waals surface area contributed by atoms with Gasteiger partial charge in [-0.1, -0.05) is 6.07 Å². The molecule has 1 aliphatic rings. The van der Waals surface area contributed by atoms with Gasteiger partial charge in [-0.3, -0.25) is 0 Å². The number of aliphatic hydroxyl groups excluding tert-OH is 1. The van der Waals surface area contributed by atoms with Crippen molar-refractivity contribution in [2.45, 2.75) is 37.9 Å². The second-order valence-electron chi connectivity index (χ2n) is 4.62. The first-order valence-corrected chi connectivity index (χ1v) is 6.34. The van der Waals surface area contributed by atoms with E-state index in [1.165, 1.54) is 13.2 Å². The van der Waals surface area contributed by atoms with Gasteiger partial charge in [0.15, 0.2) is 11.6 Å². The lowest BCUT2D eigenvalue weighted by molar-refractivity contribution is 0.0811. The molecule has 0 aromatic heterocycles. The molecule has 1 fully saturated rings. The average Bonchev–Trinajstić information content (AvgIpc) is 2.89. The first-order valence-electron chi connectivity index (χ1n) is 6.34. The summed E-state index contributed by atoms with van der Waals surface area (Å²) in [7, 11) is 1.42. The zero-order chi connectivity index (χ0) is 13.0. The maximum atomic E-state index is 13.5. The first kappa shape index (κ1) is 13.3. The molecule has 0 spiro atoms. The third kappa shape index (κ3) is 3.21. The van der Waals surface area contributed by atoms with Gasteiger partial charge >= 0.3 is 0 Å². The van der Waals surface area contributed by atoms with Crippen LogP contribution in [0.5, 0.6) is 5.75 Å². The topological polar surface area (TPSA) is 38.7 Å². The van der Waals surface area contributed by atoms with E-state index in [4.69, 9.17) is 9.47 Å². The maximum Gasteiger partial charge on any atom is 0.165 e. The van der Waals surface area contributed by atoms with Crippen molar-refractivity contribution >= 4 is 0 Å². The molecule has 3 nitrogen and oxygen atoms in total. The number of benzene rings is 1. The summed E-state index contributed by atoms with van der Waals surface area (Å²) in [6.45, 7) is 0.817. The minimum absolute atomic E-state index is 0.199. The zero-order valence-electron chi connectivity index (χ0n) is 10.6. The molecule has 0 amide bonds. The number of methoxy groups -OCH3 is 1. The van der Waals surface area contributed by atoms with Crippen LogP contribution in [0.25, 0.3) is 0 Å². The van der Waals surface area contributed by atoms with Crippen molar-refractivity contribution in [1.82, 2.24) is 0 Å². The average molecular weight is 254 g/mol. The Morgan fingerprint density at radius 2 is 2.39 bits per heavy atom. The summed E-state index contributed by atoms with van der Waals surface area (Å²) >= 11 is 0. The minimum Gasteiger partial charge on any atom is -0.494 e. The molecule has 4 heteroatoms. The van der Waals surface area contributed by atoms with Crippen LogP contribution in [0.3, 0.4) is 0 Å². The smallest absolute Gasteiger partial charge is 0.165 e. The number of aliphatic hydroxyl groups is 1. The molecule has 2 atom stereocenters. The number of halogens is 1. The lowest BCUT2D eigenvalue weighted by atomic mass is 10.0. The second kappa shape index (κ2) is 6.16. The van der Waals surface area contributed by atoms with Crippen molar-refractivity contribution in [1.29, 1.82) is 0 Å². The predicted octanol–water partition coefficient (Wildman–Crippen LogP) is 2.83. The normalized spacial score (nSPS) is 20.9. The van der Waals surface area contributed by atoms with Gasteiger partial charge in [-0.05, 0) is 43.4 Å². The van der Waals surface area contributed by atoms with Crippen molar-refractivity contribution in [3.8, 4) is 5.75 Å². The van der Waals surface area contributed by atoms with E-state index in [1.54, 1.807) is 12.1 Å². The molecule has 0 aliphatic carbocycles. The fourth-order valence-electron chi connectivity index (χ4n) is 2.27. The minimum atomic E-state index is -0.644. The van der Waals surface area contributed by atoms with Crippen LogP contribution in [0.15, 0.2) is 18.2 Å². The Labute approximate surface area is 107 Å². The van der Waals surface area contributed by atoms with Gasteiger partial charge in [-0.2, -0.15) is 0 Å². The molecular weight excluding hydrogens is 235 g/mol. The fraction of sp³-hybridized carbons (Fsp3) is 0.571. The van der Waals surface area contributed by atoms with Crippen LogP contribution in [-0.4, -0.2) is 24.9 Å². The molecule has 100 valence electrons. The van der Waals surface area contributed by atoms with Gasteiger partial charge in [0.25, 0.3) is 0 Å². The highest BCUT2D eigenvalue weighted by Gasteiger charge is 2.18. The highest BCUT2D eigenvalue weighted by atomic mass is 19.1. The van der Waals surface area contributed by atoms with Gasteiger partial charge in [0.05, 0.1) is 19.3 Å². The summed E-state index contributed by atoms with van der Waals surface area (Å²) in [5.74, 6) is -0.240. The fourth-order valence-corrected chi connectivity index (χ4v) is 2.27. The van der Waals surface area contributed by atoms with E-state index in [1.807, 2.05) is 0 Å². The summed E-state index contributed by atoms with van der Waals surface area (Å²) in [5, 5.41) is 10.0. The second-order valence-corrected chi connectivity index (χ2v) is 4.62. The Morgan fingerprint density at radius 1 is 1.56 bits per heavy atom. The van der Waals surface area contributed by atoms with Crippen LogP contribution in [0.1, 0.15) is 37.4 Å².